The fraction of sp³-hybridized carbons (Fsp3) is 0.188. The summed E-state index contributed by atoms with van der Waals surface area (Å²) >= 11 is 1.66. The number of hydrogen-bond donors (Lipinski definition) is 1. The second kappa shape index (κ2) is 5.69. The average molecular weight is 301 g/mol. The maximum absolute atomic E-state index is 13.7. The Balaban J connectivity index is 2.01. The van der Waals surface area contributed by atoms with Crippen molar-refractivity contribution in [3.05, 3.63) is 70.2 Å². The summed E-state index contributed by atoms with van der Waals surface area (Å²) in [6, 6.07) is 9.06. The van der Waals surface area contributed by atoms with E-state index < -0.39 is 0 Å². The highest BCUT2D eigenvalue weighted by atomic mass is 32.1. The Morgan fingerprint density at radius 3 is 2.81 bits per heavy atom. The van der Waals surface area contributed by atoms with Crippen molar-refractivity contribution in [2.45, 2.75) is 13.0 Å². The molecule has 1 atom stereocenters. The molecule has 0 aliphatic rings. The van der Waals surface area contributed by atoms with Gasteiger partial charge >= 0.3 is 0 Å². The third-order valence-corrected chi connectivity index (χ3v) is 4.45. The van der Waals surface area contributed by atoms with E-state index in [0.717, 1.165) is 16.4 Å². The zero-order valence-corrected chi connectivity index (χ0v) is 12.7. The first kappa shape index (κ1) is 13.8. The molecule has 0 saturated carbocycles. The van der Waals surface area contributed by atoms with Crippen LogP contribution in [0, 0.1) is 12.7 Å². The van der Waals surface area contributed by atoms with Crippen LogP contribution < -0.4 is 5.32 Å². The van der Waals surface area contributed by atoms with Crippen molar-refractivity contribution in [1.29, 1.82) is 0 Å². The molecule has 2 heterocycles. The molecule has 3 aromatic rings. The molecule has 21 heavy (non-hydrogen) atoms. The molecule has 1 unspecified atom stereocenters. The van der Waals surface area contributed by atoms with Gasteiger partial charge in [-0.25, -0.2) is 9.37 Å². The monoisotopic (exact) mass is 301 g/mol. The molecule has 0 spiro atoms. The predicted octanol–water partition coefficient (Wildman–Crippen LogP) is 4.13. The lowest BCUT2D eigenvalue weighted by molar-refractivity contribution is 0.618. The highest BCUT2D eigenvalue weighted by Crippen LogP contribution is 2.30. The van der Waals surface area contributed by atoms with Gasteiger partial charge in [0.05, 0.1) is 0 Å². The van der Waals surface area contributed by atoms with Crippen molar-refractivity contribution in [1.82, 2.24) is 9.55 Å². The molecule has 108 valence electrons. The van der Waals surface area contributed by atoms with Gasteiger partial charge in [0.15, 0.2) is 0 Å². The molecule has 1 N–H and O–H groups in total. The zero-order valence-electron chi connectivity index (χ0n) is 11.9. The first-order valence-electron chi connectivity index (χ1n) is 6.69. The summed E-state index contributed by atoms with van der Waals surface area (Å²) in [6.07, 6.45) is 3.69. The van der Waals surface area contributed by atoms with Crippen molar-refractivity contribution in [3.63, 3.8) is 0 Å². The van der Waals surface area contributed by atoms with Crippen LogP contribution in [0.1, 0.15) is 22.3 Å². The number of thiophene rings is 1. The van der Waals surface area contributed by atoms with Crippen LogP contribution in [0.2, 0.25) is 0 Å². The number of rotatable bonds is 4. The van der Waals surface area contributed by atoms with E-state index in [2.05, 4.69) is 16.4 Å². The highest BCUT2D eigenvalue weighted by Gasteiger charge is 2.20. The van der Waals surface area contributed by atoms with Crippen LogP contribution in [0.4, 0.5) is 10.1 Å². The third-order valence-electron chi connectivity index (χ3n) is 3.51. The molecule has 0 fully saturated rings. The molecule has 0 aliphatic heterocycles. The van der Waals surface area contributed by atoms with Gasteiger partial charge in [-0.2, -0.15) is 0 Å². The van der Waals surface area contributed by atoms with Gasteiger partial charge in [-0.05, 0) is 30.5 Å². The van der Waals surface area contributed by atoms with Gasteiger partial charge < -0.3 is 9.88 Å². The summed E-state index contributed by atoms with van der Waals surface area (Å²) < 4.78 is 15.7. The molecule has 0 bridgehead atoms. The molecule has 3 nitrogen and oxygen atoms in total. The van der Waals surface area contributed by atoms with Crippen LogP contribution in [-0.4, -0.2) is 9.55 Å². The Bertz CT molecular complexity index is 734. The molecule has 0 saturated heterocycles. The minimum absolute atomic E-state index is 0.0921. The van der Waals surface area contributed by atoms with Crippen molar-refractivity contribution < 1.29 is 4.39 Å². The predicted molar refractivity (Wildman–Crippen MR) is 84.1 cm³/mol. The van der Waals surface area contributed by atoms with Gasteiger partial charge in [-0.3, -0.25) is 0 Å². The zero-order chi connectivity index (χ0) is 14.8. The van der Waals surface area contributed by atoms with Crippen LogP contribution >= 0.6 is 11.3 Å². The van der Waals surface area contributed by atoms with Gasteiger partial charge in [0.1, 0.15) is 17.7 Å². The number of aryl methyl sites for hydroxylation is 1. The molecule has 5 heteroatoms. The average Bonchev–Trinajstić information content (AvgIpc) is 3.12. The summed E-state index contributed by atoms with van der Waals surface area (Å²) in [7, 11) is 1.96. The van der Waals surface area contributed by atoms with E-state index in [9.17, 15) is 4.39 Å². The van der Waals surface area contributed by atoms with E-state index in [1.54, 1.807) is 30.5 Å². The number of nitrogens with zero attached hydrogens (tertiary/aromatic N) is 2. The first-order chi connectivity index (χ1) is 10.2. The molecule has 0 amide bonds. The van der Waals surface area contributed by atoms with E-state index in [4.69, 9.17) is 0 Å². The van der Waals surface area contributed by atoms with Crippen LogP contribution in [-0.2, 0) is 7.05 Å². The second-order valence-corrected chi connectivity index (χ2v) is 5.88. The van der Waals surface area contributed by atoms with Crippen LogP contribution in [0.3, 0.4) is 0 Å². The van der Waals surface area contributed by atoms with Crippen LogP contribution in [0.15, 0.2) is 48.1 Å². The van der Waals surface area contributed by atoms with Gasteiger partial charge in [-0.15, -0.1) is 11.3 Å². The number of hydrogen-bond acceptors (Lipinski definition) is 3. The summed E-state index contributed by atoms with van der Waals surface area (Å²) in [5.41, 5.74) is 1.41. The molecular formula is C16H16FN3S. The maximum Gasteiger partial charge on any atom is 0.136 e. The summed E-state index contributed by atoms with van der Waals surface area (Å²) in [5, 5.41) is 5.45. The van der Waals surface area contributed by atoms with Crippen molar-refractivity contribution in [3.8, 4) is 0 Å². The summed E-state index contributed by atoms with van der Waals surface area (Å²) in [6.45, 7) is 1.78. The lowest BCUT2D eigenvalue weighted by atomic mass is 10.1. The van der Waals surface area contributed by atoms with Crippen molar-refractivity contribution >= 4 is 17.0 Å². The summed E-state index contributed by atoms with van der Waals surface area (Å²) in [5.74, 6) is 0.700. The number of anilines is 1. The smallest absolute Gasteiger partial charge is 0.136 e. The van der Waals surface area contributed by atoms with E-state index in [1.165, 1.54) is 6.07 Å². The Hall–Kier alpha value is -2.14. The van der Waals surface area contributed by atoms with E-state index in [-0.39, 0.29) is 11.9 Å². The van der Waals surface area contributed by atoms with E-state index >= 15 is 0 Å². The van der Waals surface area contributed by atoms with Crippen LogP contribution in [0.5, 0.6) is 0 Å². The van der Waals surface area contributed by atoms with E-state index in [0.29, 0.717) is 5.56 Å². The standard InChI is InChI=1S/C16H16FN3S/c1-11-12(17)5-3-6-13(11)19-15(14-7-4-10-21-14)16-18-8-9-20(16)2/h3-10,15,19H,1-2H3. The highest BCUT2D eigenvalue weighted by molar-refractivity contribution is 7.10. The SMILES string of the molecule is Cc1c(F)cccc1NC(c1cccs1)c1nccn1C. The number of benzene rings is 1. The fourth-order valence-electron chi connectivity index (χ4n) is 2.29. The third kappa shape index (κ3) is 2.69. The molecule has 0 aliphatic carbocycles. The normalized spacial score (nSPS) is 12.3. The summed E-state index contributed by atoms with van der Waals surface area (Å²) in [4.78, 5) is 5.58. The quantitative estimate of drug-likeness (QED) is 0.785. The first-order valence-corrected chi connectivity index (χ1v) is 7.57. The molecule has 1 aromatic carbocycles. The number of nitrogens with one attached hydrogen (secondary N) is 1. The maximum atomic E-state index is 13.7. The molecule has 2 aromatic heterocycles. The van der Waals surface area contributed by atoms with Crippen LogP contribution in [0.25, 0.3) is 0 Å². The Kier molecular flexibility index (Phi) is 3.75. The second-order valence-electron chi connectivity index (χ2n) is 4.90. The lowest BCUT2D eigenvalue weighted by Crippen LogP contribution is -2.16. The van der Waals surface area contributed by atoms with E-state index in [1.807, 2.05) is 35.3 Å². The minimum atomic E-state index is -0.204. The Labute approximate surface area is 127 Å². The molecule has 3 rings (SSSR count). The fourth-order valence-corrected chi connectivity index (χ4v) is 3.06. The topological polar surface area (TPSA) is 29.9 Å². The van der Waals surface area contributed by atoms with Gasteiger partial charge in [0.2, 0.25) is 0 Å². The lowest BCUT2D eigenvalue weighted by Gasteiger charge is -2.20. The number of halogens is 1. The van der Waals surface area contributed by atoms with Gasteiger partial charge in [0, 0.05) is 35.6 Å². The van der Waals surface area contributed by atoms with Gasteiger partial charge in [0.25, 0.3) is 0 Å². The molecular weight excluding hydrogens is 285 g/mol. The number of imidazole rings is 1. The Morgan fingerprint density at radius 2 is 2.14 bits per heavy atom. The number of aromatic nitrogens is 2. The Morgan fingerprint density at radius 1 is 1.29 bits per heavy atom. The van der Waals surface area contributed by atoms with Crippen molar-refractivity contribution in [2.24, 2.45) is 7.05 Å². The van der Waals surface area contributed by atoms with Crippen molar-refractivity contribution in [2.75, 3.05) is 5.32 Å². The van der Waals surface area contributed by atoms with Gasteiger partial charge in [-0.1, -0.05) is 12.1 Å². The molecule has 0 radical (unpaired) electrons. The largest absolute Gasteiger partial charge is 0.371 e. The minimum Gasteiger partial charge on any atom is -0.371 e.